The van der Waals surface area contributed by atoms with Crippen LogP contribution >= 0.6 is 11.6 Å². The standard InChI is InChI=1S/C13H15ClN2O3S/c14-10-6-8-12(9-7-10)20(18,19)16-13(17)15-11-4-2-1-3-5-11/h2,4,6-9,11H,1,3,5H2,(H2,15,16,17). The predicted molar refractivity (Wildman–Crippen MR) is 77.1 cm³/mol. The van der Waals surface area contributed by atoms with Crippen LogP contribution in [0, 0.1) is 0 Å². The Bertz CT molecular complexity index is 611. The zero-order valence-corrected chi connectivity index (χ0v) is 12.2. The first-order valence-electron chi connectivity index (χ1n) is 6.23. The Morgan fingerprint density at radius 2 is 1.95 bits per heavy atom. The molecule has 1 aliphatic carbocycles. The van der Waals surface area contributed by atoms with Gasteiger partial charge in [0.2, 0.25) is 0 Å². The first-order chi connectivity index (χ1) is 9.47. The van der Waals surface area contributed by atoms with Gasteiger partial charge in [-0.2, -0.15) is 0 Å². The van der Waals surface area contributed by atoms with E-state index < -0.39 is 16.1 Å². The van der Waals surface area contributed by atoms with Gasteiger partial charge in [0.15, 0.2) is 0 Å². The zero-order valence-electron chi connectivity index (χ0n) is 10.7. The molecular weight excluding hydrogens is 300 g/mol. The summed E-state index contributed by atoms with van der Waals surface area (Å²) in [5.41, 5.74) is 0. The van der Waals surface area contributed by atoms with Crippen molar-refractivity contribution in [1.29, 1.82) is 0 Å². The SMILES string of the molecule is O=C(NC1C=CCCC1)NS(=O)(=O)c1ccc(Cl)cc1. The number of sulfonamides is 1. The summed E-state index contributed by atoms with van der Waals surface area (Å²) < 4.78 is 25.9. The lowest BCUT2D eigenvalue weighted by Gasteiger charge is -2.18. The maximum atomic E-state index is 12.0. The minimum absolute atomic E-state index is 0.00348. The van der Waals surface area contributed by atoms with Crippen LogP contribution in [0.4, 0.5) is 4.79 Å². The third kappa shape index (κ3) is 3.98. The molecule has 1 aromatic rings. The van der Waals surface area contributed by atoms with E-state index in [9.17, 15) is 13.2 Å². The molecule has 2 N–H and O–H groups in total. The van der Waals surface area contributed by atoms with Crippen LogP contribution in [-0.4, -0.2) is 20.5 Å². The van der Waals surface area contributed by atoms with Crippen molar-refractivity contribution in [2.45, 2.75) is 30.2 Å². The lowest BCUT2D eigenvalue weighted by molar-refractivity contribution is 0.243. The molecule has 0 aliphatic heterocycles. The molecule has 20 heavy (non-hydrogen) atoms. The second-order valence-electron chi connectivity index (χ2n) is 4.50. The maximum absolute atomic E-state index is 12.0. The van der Waals surface area contributed by atoms with Gasteiger partial charge in [-0.25, -0.2) is 17.9 Å². The van der Waals surface area contributed by atoms with Gasteiger partial charge in [0, 0.05) is 11.1 Å². The van der Waals surface area contributed by atoms with Crippen molar-refractivity contribution in [2.75, 3.05) is 0 Å². The highest BCUT2D eigenvalue weighted by Crippen LogP contribution is 2.14. The highest BCUT2D eigenvalue weighted by Gasteiger charge is 2.19. The summed E-state index contributed by atoms with van der Waals surface area (Å²) in [5, 5.41) is 3.05. The fourth-order valence-electron chi connectivity index (χ4n) is 1.93. The Morgan fingerprint density at radius 1 is 1.25 bits per heavy atom. The average Bonchev–Trinajstić information content (AvgIpc) is 2.39. The van der Waals surface area contributed by atoms with Crippen molar-refractivity contribution in [3.8, 4) is 0 Å². The van der Waals surface area contributed by atoms with Crippen LogP contribution in [-0.2, 0) is 10.0 Å². The number of hydrogen-bond donors (Lipinski definition) is 2. The summed E-state index contributed by atoms with van der Waals surface area (Å²) in [4.78, 5) is 11.7. The Morgan fingerprint density at radius 3 is 2.55 bits per heavy atom. The number of carbonyl (C=O) groups is 1. The minimum Gasteiger partial charge on any atom is -0.331 e. The topological polar surface area (TPSA) is 75.3 Å². The largest absolute Gasteiger partial charge is 0.331 e. The van der Waals surface area contributed by atoms with Gasteiger partial charge in [0.1, 0.15) is 0 Å². The number of hydrogen-bond acceptors (Lipinski definition) is 3. The van der Waals surface area contributed by atoms with E-state index in [0.29, 0.717) is 5.02 Å². The predicted octanol–water partition coefficient (Wildman–Crippen LogP) is 2.44. The molecule has 0 radical (unpaired) electrons. The molecule has 0 saturated heterocycles. The molecular formula is C13H15ClN2O3S. The number of amides is 2. The van der Waals surface area contributed by atoms with E-state index in [1.54, 1.807) is 0 Å². The van der Waals surface area contributed by atoms with E-state index in [0.717, 1.165) is 19.3 Å². The molecule has 1 aromatic carbocycles. The maximum Gasteiger partial charge on any atom is 0.329 e. The summed E-state index contributed by atoms with van der Waals surface area (Å²) in [7, 11) is -3.87. The van der Waals surface area contributed by atoms with Crippen LogP contribution < -0.4 is 10.0 Å². The van der Waals surface area contributed by atoms with Crippen LogP contribution in [0.3, 0.4) is 0 Å². The summed E-state index contributed by atoms with van der Waals surface area (Å²) in [6.45, 7) is 0. The van der Waals surface area contributed by atoms with Crippen molar-refractivity contribution in [1.82, 2.24) is 10.0 Å². The van der Waals surface area contributed by atoms with E-state index in [1.807, 2.05) is 16.9 Å². The molecule has 2 rings (SSSR count). The third-order valence-electron chi connectivity index (χ3n) is 2.92. The molecule has 1 aliphatic rings. The highest BCUT2D eigenvalue weighted by molar-refractivity contribution is 7.90. The smallest absolute Gasteiger partial charge is 0.329 e. The molecule has 2 amide bonds. The number of carbonyl (C=O) groups excluding carboxylic acids is 1. The number of halogens is 1. The van der Waals surface area contributed by atoms with E-state index in [-0.39, 0.29) is 10.9 Å². The van der Waals surface area contributed by atoms with Crippen molar-refractivity contribution in [2.24, 2.45) is 0 Å². The molecule has 0 bridgehead atoms. The van der Waals surface area contributed by atoms with Crippen LogP contribution in [0.5, 0.6) is 0 Å². The van der Waals surface area contributed by atoms with Gasteiger partial charge in [-0.15, -0.1) is 0 Å². The molecule has 0 fully saturated rings. The van der Waals surface area contributed by atoms with Gasteiger partial charge < -0.3 is 5.32 Å². The summed E-state index contributed by atoms with van der Waals surface area (Å²) in [5.74, 6) is 0. The molecule has 5 nitrogen and oxygen atoms in total. The summed E-state index contributed by atoms with van der Waals surface area (Å²) in [6, 6.07) is 4.76. The molecule has 0 aromatic heterocycles. The molecule has 1 unspecified atom stereocenters. The van der Waals surface area contributed by atoms with Gasteiger partial charge in [0.05, 0.1) is 4.90 Å². The average molecular weight is 315 g/mol. The van der Waals surface area contributed by atoms with Crippen molar-refractivity contribution < 1.29 is 13.2 Å². The number of nitrogens with one attached hydrogen (secondary N) is 2. The third-order valence-corrected chi connectivity index (χ3v) is 4.52. The second kappa shape index (κ2) is 6.28. The highest BCUT2D eigenvalue weighted by atomic mass is 35.5. The fraction of sp³-hybridized carbons (Fsp3) is 0.308. The lowest BCUT2D eigenvalue weighted by Crippen LogP contribution is -2.44. The van der Waals surface area contributed by atoms with E-state index in [4.69, 9.17) is 11.6 Å². The fourth-order valence-corrected chi connectivity index (χ4v) is 2.97. The molecule has 0 spiro atoms. The number of rotatable bonds is 3. The Labute approximate surface area is 123 Å². The van der Waals surface area contributed by atoms with Gasteiger partial charge >= 0.3 is 6.03 Å². The first kappa shape index (κ1) is 14.9. The zero-order chi connectivity index (χ0) is 14.6. The van der Waals surface area contributed by atoms with E-state index in [2.05, 4.69) is 5.32 Å². The minimum atomic E-state index is -3.87. The van der Waals surface area contributed by atoms with Gasteiger partial charge in [-0.3, -0.25) is 0 Å². The normalized spacial score (nSPS) is 18.6. The Kier molecular flexibility index (Phi) is 4.67. The molecule has 1 atom stereocenters. The number of urea groups is 1. The molecule has 7 heteroatoms. The molecule has 0 saturated carbocycles. The van der Waals surface area contributed by atoms with Gasteiger partial charge in [-0.05, 0) is 43.5 Å². The van der Waals surface area contributed by atoms with Gasteiger partial charge in [0.25, 0.3) is 10.0 Å². The molecule has 108 valence electrons. The first-order valence-corrected chi connectivity index (χ1v) is 8.09. The van der Waals surface area contributed by atoms with Crippen LogP contribution in [0.25, 0.3) is 0 Å². The lowest BCUT2D eigenvalue weighted by atomic mass is 10.0. The van der Waals surface area contributed by atoms with E-state index in [1.165, 1.54) is 24.3 Å². The number of benzene rings is 1. The molecule has 0 heterocycles. The Hall–Kier alpha value is -1.53. The van der Waals surface area contributed by atoms with Crippen LogP contribution in [0.15, 0.2) is 41.3 Å². The second-order valence-corrected chi connectivity index (χ2v) is 6.62. The summed E-state index contributed by atoms with van der Waals surface area (Å²) in [6.07, 6.45) is 6.62. The quantitative estimate of drug-likeness (QED) is 0.841. The van der Waals surface area contributed by atoms with Crippen LogP contribution in [0.1, 0.15) is 19.3 Å². The van der Waals surface area contributed by atoms with Crippen LogP contribution in [0.2, 0.25) is 5.02 Å². The van der Waals surface area contributed by atoms with Crippen molar-refractivity contribution >= 4 is 27.7 Å². The summed E-state index contributed by atoms with van der Waals surface area (Å²) >= 11 is 5.69. The van der Waals surface area contributed by atoms with Crippen molar-refractivity contribution in [3.63, 3.8) is 0 Å². The van der Waals surface area contributed by atoms with Crippen molar-refractivity contribution in [3.05, 3.63) is 41.4 Å². The monoisotopic (exact) mass is 314 g/mol. The van der Waals surface area contributed by atoms with Gasteiger partial charge in [-0.1, -0.05) is 23.8 Å². The van der Waals surface area contributed by atoms with E-state index >= 15 is 0 Å². The Balaban J connectivity index is 2.00. The number of allylic oxidation sites excluding steroid dienone is 1.